The van der Waals surface area contributed by atoms with E-state index in [0.717, 1.165) is 5.76 Å². The van der Waals surface area contributed by atoms with Gasteiger partial charge in [0.2, 0.25) is 0 Å². The molecule has 2 N–H and O–H groups in total. The summed E-state index contributed by atoms with van der Waals surface area (Å²) in [5.74, 6) is 0.0238. The van der Waals surface area contributed by atoms with Crippen molar-refractivity contribution in [3.8, 4) is 0 Å². The topological polar surface area (TPSA) is 96.8 Å². The van der Waals surface area contributed by atoms with Gasteiger partial charge in [0, 0.05) is 37.9 Å². The largest absolute Gasteiger partial charge is 0.469 e. The minimum atomic E-state index is -0.511. The van der Waals surface area contributed by atoms with Gasteiger partial charge in [-0.25, -0.2) is 4.98 Å². The molecule has 0 saturated carbocycles. The number of aliphatic hydroxyl groups is 1. The van der Waals surface area contributed by atoms with Crippen molar-refractivity contribution in [1.82, 2.24) is 14.7 Å². The van der Waals surface area contributed by atoms with Crippen molar-refractivity contribution in [2.24, 2.45) is 5.92 Å². The van der Waals surface area contributed by atoms with Crippen molar-refractivity contribution in [3.63, 3.8) is 0 Å². The summed E-state index contributed by atoms with van der Waals surface area (Å²) in [6.07, 6.45) is 4.89. The van der Waals surface area contributed by atoms with Gasteiger partial charge in [0.05, 0.1) is 6.26 Å². The Kier molecular flexibility index (Phi) is 4.72. The van der Waals surface area contributed by atoms with Gasteiger partial charge >= 0.3 is 0 Å². The second-order valence-electron chi connectivity index (χ2n) is 5.45. The fourth-order valence-electron chi connectivity index (χ4n) is 2.43. The summed E-state index contributed by atoms with van der Waals surface area (Å²) in [5.41, 5.74) is 0.0168. The number of fused-ring (bicyclic) bond motifs is 1. The number of pyridine rings is 1. The van der Waals surface area contributed by atoms with Gasteiger partial charge in [0.25, 0.3) is 11.5 Å². The molecule has 3 heterocycles. The number of aromatic nitrogens is 2. The highest BCUT2D eigenvalue weighted by atomic mass is 16.3. The van der Waals surface area contributed by atoms with Crippen LogP contribution in [-0.4, -0.2) is 33.6 Å². The van der Waals surface area contributed by atoms with Crippen LogP contribution >= 0.6 is 0 Å². The number of carbonyl (C=O) groups is 1. The first kappa shape index (κ1) is 15.9. The van der Waals surface area contributed by atoms with Crippen LogP contribution in [0.1, 0.15) is 16.1 Å². The van der Waals surface area contributed by atoms with Gasteiger partial charge < -0.3 is 14.8 Å². The molecular weight excluding hydrogens is 310 g/mol. The third-order valence-electron chi connectivity index (χ3n) is 3.74. The molecule has 3 rings (SSSR count). The van der Waals surface area contributed by atoms with Crippen molar-refractivity contribution in [1.29, 1.82) is 0 Å². The molecule has 0 aliphatic heterocycles. The number of rotatable bonds is 6. The number of carbonyl (C=O) groups excluding carboxylic acids is 1. The molecule has 1 unspecified atom stereocenters. The Morgan fingerprint density at radius 3 is 2.96 bits per heavy atom. The first-order valence-electron chi connectivity index (χ1n) is 7.57. The highest BCUT2D eigenvalue weighted by Crippen LogP contribution is 2.08. The van der Waals surface area contributed by atoms with E-state index in [1.807, 2.05) is 6.07 Å². The molecule has 0 aliphatic rings. The summed E-state index contributed by atoms with van der Waals surface area (Å²) in [6.45, 7) is 0.128. The molecule has 24 heavy (non-hydrogen) atoms. The maximum Gasteiger partial charge on any atom is 0.270 e. The molecule has 0 radical (unpaired) electrons. The number of nitrogens with one attached hydrogen (secondary N) is 1. The third kappa shape index (κ3) is 3.36. The maximum atomic E-state index is 12.3. The first-order chi connectivity index (χ1) is 11.7. The lowest BCUT2D eigenvalue weighted by atomic mass is 10.1. The summed E-state index contributed by atoms with van der Waals surface area (Å²) in [6, 6.07) is 8.73. The van der Waals surface area contributed by atoms with Crippen molar-refractivity contribution in [2.45, 2.75) is 6.42 Å². The van der Waals surface area contributed by atoms with Crippen LogP contribution < -0.4 is 10.9 Å². The molecule has 0 aliphatic carbocycles. The average molecular weight is 327 g/mol. The average Bonchev–Trinajstić information content (AvgIpc) is 3.12. The second kappa shape index (κ2) is 7.10. The summed E-state index contributed by atoms with van der Waals surface area (Å²) in [5, 5.41) is 12.1. The zero-order valence-electron chi connectivity index (χ0n) is 12.9. The lowest BCUT2D eigenvalue weighted by molar-refractivity contribution is 0.0937. The van der Waals surface area contributed by atoms with E-state index in [1.54, 1.807) is 36.7 Å². The smallest absolute Gasteiger partial charge is 0.270 e. The van der Waals surface area contributed by atoms with E-state index in [4.69, 9.17) is 4.42 Å². The molecule has 3 aromatic heterocycles. The molecule has 0 bridgehead atoms. The SMILES string of the molecule is O=C(NCC(CO)Cc1ccco1)c1cnc2ccccn2c1=O. The molecule has 0 aromatic carbocycles. The van der Waals surface area contributed by atoms with E-state index < -0.39 is 11.5 Å². The second-order valence-corrected chi connectivity index (χ2v) is 5.45. The van der Waals surface area contributed by atoms with Crippen LogP contribution in [0.3, 0.4) is 0 Å². The minimum absolute atomic E-state index is 0.0339. The number of aliphatic hydroxyl groups excluding tert-OH is 1. The molecule has 0 saturated heterocycles. The van der Waals surface area contributed by atoms with Gasteiger partial charge in [0.1, 0.15) is 17.0 Å². The van der Waals surface area contributed by atoms with E-state index in [2.05, 4.69) is 10.3 Å². The molecule has 124 valence electrons. The molecule has 7 heteroatoms. The van der Waals surface area contributed by atoms with Crippen LogP contribution in [0.4, 0.5) is 0 Å². The highest BCUT2D eigenvalue weighted by molar-refractivity contribution is 5.93. The van der Waals surface area contributed by atoms with E-state index >= 15 is 0 Å². The predicted octanol–water partition coefficient (Wildman–Crippen LogP) is 0.868. The Balaban J connectivity index is 1.70. The standard InChI is InChI=1S/C17H17N3O4/c21-11-12(8-13-4-3-7-24-13)9-19-16(22)14-10-18-15-5-1-2-6-20(15)17(14)23/h1-7,10,12,21H,8-9,11H2,(H,19,22). The van der Waals surface area contributed by atoms with E-state index in [9.17, 15) is 14.7 Å². The van der Waals surface area contributed by atoms with Gasteiger partial charge in [-0.3, -0.25) is 14.0 Å². The van der Waals surface area contributed by atoms with Crippen LogP contribution in [0, 0.1) is 5.92 Å². The van der Waals surface area contributed by atoms with Crippen LogP contribution in [0.15, 0.2) is 58.2 Å². The normalized spacial score (nSPS) is 12.2. The van der Waals surface area contributed by atoms with Crippen LogP contribution in [0.2, 0.25) is 0 Å². The van der Waals surface area contributed by atoms with E-state index in [0.29, 0.717) is 12.1 Å². The summed E-state index contributed by atoms with van der Waals surface area (Å²) >= 11 is 0. The van der Waals surface area contributed by atoms with Crippen LogP contribution in [-0.2, 0) is 6.42 Å². The Morgan fingerprint density at radius 1 is 1.33 bits per heavy atom. The van der Waals surface area contributed by atoms with Gasteiger partial charge in [0.15, 0.2) is 0 Å². The van der Waals surface area contributed by atoms with Crippen molar-refractivity contribution < 1.29 is 14.3 Å². The maximum absolute atomic E-state index is 12.3. The number of furan rings is 1. The summed E-state index contributed by atoms with van der Waals surface area (Å²) in [4.78, 5) is 28.7. The first-order valence-corrected chi connectivity index (χ1v) is 7.57. The van der Waals surface area contributed by atoms with Crippen molar-refractivity contribution in [2.75, 3.05) is 13.2 Å². The van der Waals surface area contributed by atoms with Crippen LogP contribution in [0.25, 0.3) is 5.65 Å². The van der Waals surface area contributed by atoms with E-state index in [-0.39, 0.29) is 24.6 Å². The Morgan fingerprint density at radius 2 is 2.21 bits per heavy atom. The van der Waals surface area contributed by atoms with Gasteiger partial charge in [-0.15, -0.1) is 0 Å². The Bertz CT molecular complexity index is 886. The molecule has 7 nitrogen and oxygen atoms in total. The zero-order chi connectivity index (χ0) is 16.9. The fraction of sp³-hybridized carbons (Fsp3) is 0.235. The lowest BCUT2D eigenvalue weighted by Gasteiger charge is -2.13. The Hall–Kier alpha value is -2.93. The quantitative estimate of drug-likeness (QED) is 0.700. The number of hydrogen-bond donors (Lipinski definition) is 2. The molecule has 0 spiro atoms. The molecule has 0 fully saturated rings. The van der Waals surface area contributed by atoms with E-state index in [1.165, 1.54) is 10.6 Å². The predicted molar refractivity (Wildman–Crippen MR) is 86.8 cm³/mol. The third-order valence-corrected chi connectivity index (χ3v) is 3.74. The molecular formula is C17H17N3O4. The number of nitrogens with zero attached hydrogens (tertiary/aromatic N) is 2. The summed E-state index contributed by atoms with van der Waals surface area (Å²) < 4.78 is 6.56. The monoisotopic (exact) mass is 327 g/mol. The Labute approximate surface area is 137 Å². The minimum Gasteiger partial charge on any atom is -0.469 e. The van der Waals surface area contributed by atoms with Crippen LogP contribution in [0.5, 0.6) is 0 Å². The van der Waals surface area contributed by atoms with Crippen molar-refractivity contribution in [3.05, 3.63) is 70.7 Å². The van der Waals surface area contributed by atoms with Gasteiger partial charge in [-0.2, -0.15) is 0 Å². The lowest BCUT2D eigenvalue weighted by Crippen LogP contribution is -2.35. The van der Waals surface area contributed by atoms with Crippen molar-refractivity contribution >= 4 is 11.6 Å². The number of amides is 1. The fourth-order valence-corrected chi connectivity index (χ4v) is 2.43. The summed E-state index contributed by atoms with van der Waals surface area (Å²) in [7, 11) is 0. The highest BCUT2D eigenvalue weighted by Gasteiger charge is 2.16. The van der Waals surface area contributed by atoms with Gasteiger partial charge in [-0.05, 0) is 24.3 Å². The van der Waals surface area contributed by atoms with Gasteiger partial charge in [-0.1, -0.05) is 6.07 Å². The molecule has 1 amide bonds. The zero-order valence-corrected chi connectivity index (χ0v) is 12.9. The molecule has 1 atom stereocenters. The molecule has 3 aromatic rings. The number of hydrogen-bond acceptors (Lipinski definition) is 5.